The van der Waals surface area contributed by atoms with Crippen LogP contribution >= 0.6 is 0 Å². The van der Waals surface area contributed by atoms with Crippen molar-refractivity contribution in [3.63, 3.8) is 0 Å². The predicted octanol–water partition coefficient (Wildman–Crippen LogP) is 3.15. The number of aryl methyl sites for hydroxylation is 1. The molecule has 0 saturated carbocycles. The standard InChI is InChI=1S/C16H21N3/c1-11-5-4-7-18-15(11)19-8-6-12-13(17)9-16(2,3)10-14(12)19/h4-8,13H,9-10,17H2,1-3H3. The summed E-state index contributed by atoms with van der Waals surface area (Å²) in [7, 11) is 0. The molecule has 0 bridgehead atoms. The summed E-state index contributed by atoms with van der Waals surface area (Å²) in [5, 5.41) is 0. The van der Waals surface area contributed by atoms with Gasteiger partial charge in [0.25, 0.3) is 0 Å². The molecule has 1 aliphatic rings. The molecule has 3 nitrogen and oxygen atoms in total. The van der Waals surface area contributed by atoms with Crippen molar-refractivity contribution in [1.82, 2.24) is 9.55 Å². The molecule has 0 fully saturated rings. The second kappa shape index (κ2) is 4.20. The molecular formula is C16H21N3. The van der Waals surface area contributed by atoms with Crippen molar-refractivity contribution in [3.8, 4) is 5.82 Å². The van der Waals surface area contributed by atoms with Gasteiger partial charge in [-0.1, -0.05) is 19.9 Å². The lowest BCUT2D eigenvalue weighted by atomic mass is 9.74. The molecule has 100 valence electrons. The van der Waals surface area contributed by atoms with E-state index in [0.29, 0.717) is 0 Å². The number of aromatic nitrogens is 2. The van der Waals surface area contributed by atoms with Crippen LogP contribution in [0.5, 0.6) is 0 Å². The average Bonchev–Trinajstić information content (AvgIpc) is 2.72. The van der Waals surface area contributed by atoms with Crippen LogP contribution in [-0.4, -0.2) is 9.55 Å². The minimum atomic E-state index is 0.143. The number of rotatable bonds is 1. The summed E-state index contributed by atoms with van der Waals surface area (Å²) in [6.07, 6.45) is 6.06. The van der Waals surface area contributed by atoms with Crippen molar-refractivity contribution in [2.75, 3.05) is 0 Å². The third-order valence-corrected chi connectivity index (χ3v) is 4.06. The Kier molecular flexibility index (Phi) is 2.75. The monoisotopic (exact) mass is 255 g/mol. The molecule has 2 heterocycles. The minimum absolute atomic E-state index is 0.143. The Hall–Kier alpha value is -1.61. The summed E-state index contributed by atoms with van der Waals surface area (Å²) < 4.78 is 2.21. The second-order valence-corrected chi connectivity index (χ2v) is 6.38. The number of nitrogens with two attached hydrogens (primary N) is 1. The number of hydrogen-bond donors (Lipinski definition) is 1. The molecule has 2 N–H and O–H groups in total. The van der Waals surface area contributed by atoms with Gasteiger partial charge in [0.2, 0.25) is 0 Å². The molecule has 1 aliphatic carbocycles. The first kappa shape index (κ1) is 12.4. The number of fused-ring (bicyclic) bond motifs is 1. The Morgan fingerprint density at radius 1 is 1.37 bits per heavy atom. The highest BCUT2D eigenvalue weighted by molar-refractivity contribution is 5.40. The van der Waals surface area contributed by atoms with Crippen LogP contribution in [0.2, 0.25) is 0 Å². The minimum Gasteiger partial charge on any atom is -0.324 e. The van der Waals surface area contributed by atoms with Gasteiger partial charge in [0.15, 0.2) is 0 Å². The van der Waals surface area contributed by atoms with Crippen LogP contribution in [0, 0.1) is 12.3 Å². The average molecular weight is 255 g/mol. The molecule has 0 aliphatic heterocycles. The van der Waals surface area contributed by atoms with E-state index in [4.69, 9.17) is 5.73 Å². The zero-order chi connectivity index (χ0) is 13.6. The molecule has 0 aromatic carbocycles. The van der Waals surface area contributed by atoms with E-state index in [-0.39, 0.29) is 11.5 Å². The van der Waals surface area contributed by atoms with Crippen LogP contribution < -0.4 is 5.73 Å². The van der Waals surface area contributed by atoms with Gasteiger partial charge in [0.1, 0.15) is 5.82 Å². The normalized spacial score (nSPS) is 21.2. The Bertz CT molecular complexity index is 610. The van der Waals surface area contributed by atoms with Gasteiger partial charge in [-0.2, -0.15) is 0 Å². The van der Waals surface area contributed by atoms with E-state index in [1.54, 1.807) is 0 Å². The topological polar surface area (TPSA) is 43.8 Å². The summed E-state index contributed by atoms with van der Waals surface area (Å²) in [5.74, 6) is 1.02. The summed E-state index contributed by atoms with van der Waals surface area (Å²) in [6.45, 7) is 6.68. The maximum Gasteiger partial charge on any atom is 0.139 e. The number of pyridine rings is 1. The Labute approximate surface area is 114 Å². The first-order chi connectivity index (χ1) is 8.98. The largest absolute Gasteiger partial charge is 0.324 e. The van der Waals surface area contributed by atoms with Crippen molar-refractivity contribution in [2.45, 2.75) is 39.7 Å². The van der Waals surface area contributed by atoms with Crippen LogP contribution in [0.3, 0.4) is 0 Å². The van der Waals surface area contributed by atoms with Crippen LogP contribution in [0.4, 0.5) is 0 Å². The van der Waals surface area contributed by atoms with E-state index in [1.807, 2.05) is 12.3 Å². The fourth-order valence-electron chi connectivity index (χ4n) is 3.16. The fraction of sp³-hybridized carbons (Fsp3) is 0.438. The van der Waals surface area contributed by atoms with Crippen molar-refractivity contribution in [3.05, 3.63) is 47.4 Å². The van der Waals surface area contributed by atoms with Gasteiger partial charge in [-0.15, -0.1) is 0 Å². The van der Waals surface area contributed by atoms with Crippen LogP contribution in [0.15, 0.2) is 30.6 Å². The van der Waals surface area contributed by atoms with Crippen molar-refractivity contribution < 1.29 is 0 Å². The van der Waals surface area contributed by atoms with Gasteiger partial charge in [-0.05, 0) is 48.4 Å². The third-order valence-electron chi connectivity index (χ3n) is 4.06. The highest BCUT2D eigenvalue weighted by Gasteiger charge is 2.32. The molecule has 1 atom stereocenters. The molecule has 2 aromatic rings. The van der Waals surface area contributed by atoms with Gasteiger partial charge in [-0.3, -0.25) is 0 Å². The molecule has 1 unspecified atom stereocenters. The summed E-state index contributed by atoms with van der Waals surface area (Å²) in [5.41, 5.74) is 10.4. The van der Waals surface area contributed by atoms with Gasteiger partial charge in [0.05, 0.1) is 0 Å². The molecule has 3 rings (SSSR count). The number of hydrogen-bond acceptors (Lipinski definition) is 2. The van der Waals surface area contributed by atoms with Crippen LogP contribution in [0.1, 0.15) is 43.1 Å². The maximum absolute atomic E-state index is 6.32. The predicted molar refractivity (Wildman–Crippen MR) is 77.3 cm³/mol. The first-order valence-corrected chi connectivity index (χ1v) is 6.86. The summed E-state index contributed by atoms with van der Waals surface area (Å²) in [4.78, 5) is 4.52. The van der Waals surface area contributed by atoms with Crippen molar-refractivity contribution in [2.24, 2.45) is 11.1 Å². The highest BCUT2D eigenvalue weighted by Crippen LogP contribution is 2.40. The first-order valence-electron chi connectivity index (χ1n) is 6.86. The SMILES string of the molecule is Cc1cccnc1-n1ccc2c1CC(C)(C)CC2N. The van der Waals surface area contributed by atoms with E-state index in [0.717, 1.165) is 18.7 Å². The van der Waals surface area contributed by atoms with Crippen molar-refractivity contribution >= 4 is 0 Å². The third kappa shape index (κ3) is 2.08. The second-order valence-electron chi connectivity index (χ2n) is 6.38. The zero-order valence-electron chi connectivity index (χ0n) is 11.9. The molecule has 2 aromatic heterocycles. The molecule has 3 heteroatoms. The van der Waals surface area contributed by atoms with Gasteiger partial charge in [0, 0.05) is 24.1 Å². The lowest BCUT2D eigenvalue weighted by molar-refractivity contribution is 0.278. The molecular weight excluding hydrogens is 234 g/mol. The molecule has 0 amide bonds. The number of nitrogens with zero attached hydrogens (tertiary/aromatic N) is 2. The van der Waals surface area contributed by atoms with E-state index < -0.39 is 0 Å². The molecule has 0 saturated heterocycles. The Morgan fingerprint density at radius 3 is 2.89 bits per heavy atom. The van der Waals surface area contributed by atoms with Crippen molar-refractivity contribution in [1.29, 1.82) is 0 Å². The molecule has 19 heavy (non-hydrogen) atoms. The van der Waals surface area contributed by atoms with Gasteiger partial charge >= 0.3 is 0 Å². The Morgan fingerprint density at radius 2 is 2.16 bits per heavy atom. The zero-order valence-corrected chi connectivity index (χ0v) is 11.9. The summed E-state index contributed by atoms with van der Waals surface area (Å²) >= 11 is 0. The van der Waals surface area contributed by atoms with Gasteiger partial charge in [-0.25, -0.2) is 4.98 Å². The Balaban J connectivity index is 2.14. The van der Waals surface area contributed by atoms with E-state index >= 15 is 0 Å². The molecule has 0 radical (unpaired) electrons. The van der Waals surface area contributed by atoms with E-state index in [2.05, 4.69) is 48.7 Å². The fourth-order valence-corrected chi connectivity index (χ4v) is 3.16. The smallest absolute Gasteiger partial charge is 0.139 e. The lowest BCUT2D eigenvalue weighted by Crippen LogP contribution is -2.30. The van der Waals surface area contributed by atoms with Crippen LogP contribution in [0.25, 0.3) is 5.82 Å². The quantitative estimate of drug-likeness (QED) is 0.850. The highest BCUT2D eigenvalue weighted by atomic mass is 15.1. The lowest BCUT2D eigenvalue weighted by Gasteiger charge is -2.34. The van der Waals surface area contributed by atoms with E-state index in [1.165, 1.54) is 16.8 Å². The van der Waals surface area contributed by atoms with Gasteiger partial charge < -0.3 is 10.3 Å². The maximum atomic E-state index is 6.32. The van der Waals surface area contributed by atoms with Crippen LogP contribution in [-0.2, 0) is 6.42 Å². The summed E-state index contributed by atoms with van der Waals surface area (Å²) in [6, 6.07) is 6.38. The molecule has 0 spiro atoms. The van der Waals surface area contributed by atoms with E-state index in [9.17, 15) is 0 Å².